The number of pyridine rings is 1. The van der Waals surface area contributed by atoms with Crippen LogP contribution in [0.2, 0.25) is 0 Å². The monoisotopic (exact) mass is 519 g/mol. The average molecular weight is 519 g/mol. The number of carboxylic acid groups (broad SMARTS) is 2. The number of fused-ring (bicyclic) bond motifs is 1. The molecule has 0 bridgehead atoms. The van der Waals surface area contributed by atoms with Gasteiger partial charge < -0.3 is 20.4 Å². The third-order valence-electron chi connectivity index (χ3n) is 5.18. The van der Waals surface area contributed by atoms with E-state index >= 15 is 0 Å². The molecule has 1 atom stereocenters. The minimum Gasteiger partial charge on any atom is -0.481 e. The van der Waals surface area contributed by atoms with Crippen molar-refractivity contribution in [1.82, 2.24) is 10.3 Å². The van der Waals surface area contributed by atoms with Crippen molar-refractivity contribution in [2.75, 3.05) is 24.7 Å². The number of piperidine rings is 1. The quantitative estimate of drug-likeness (QED) is 0.475. The fraction of sp³-hybridized carbons (Fsp3) is 0.409. The molecule has 1 amide bonds. The number of benzene rings is 1. The van der Waals surface area contributed by atoms with Crippen molar-refractivity contribution in [3.8, 4) is 0 Å². The predicted octanol–water partition coefficient (Wildman–Crippen LogP) is 3.11. The number of hydrogen-bond donors (Lipinski definition) is 3. The van der Waals surface area contributed by atoms with Crippen molar-refractivity contribution < 1.29 is 51.3 Å². The third-order valence-corrected chi connectivity index (χ3v) is 5.18. The van der Waals surface area contributed by atoms with Gasteiger partial charge in [-0.2, -0.15) is 13.2 Å². The van der Waals surface area contributed by atoms with Crippen LogP contribution in [0.4, 0.5) is 27.6 Å². The maximum atomic E-state index is 14.2. The van der Waals surface area contributed by atoms with Gasteiger partial charge in [-0.1, -0.05) is 12.1 Å². The summed E-state index contributed by atoms with van der Waals surface area (Å²) in [6.45, 7) is -0.0614. The first-order chi connectivity index (χ1) is 16.9. The van der Waals surface area contributed by atoms with Gasteiger partial charge in [0, 0.05) is 24.7 Å². The van der Waals surface area contributed by atoms with Gasteiger partial charge in [0.2, 0.25) is 0 Å². The molecule has 9 nitrogen and oxygen atoms in total. The zero-order valence-corrected chi connectivity index (χ0v) is 18.6. The van der Waals surface area contributed by atoms with E-state index in [-0.39, 0.29) is 11.1 Å². The van der Waals surface area contributed by atoms with Crippen molar-refractivity contribution in [2.24, 2.45) is 0 Å². The molecule has 3 N–H and O–H groups in total. The van der Waals surface area contributed by atoms with Gasteiger partial charge in [0.05, 0.1) is 17.7 Å². The van der Waals surface area contributed by atoms with Crippen LogP contribution in [-0.4, -0.2) is 70.8 Å². The van der Waals surface area contributed by atoms with Crippen LogP contribution in [0.5, 0.6) is 0 Å². The number of para-hydroxylation sites is 1. The van der Waals surface area contributed by atoms with E-state index in [1.54, 1.807) is 6.07 Å². The Hall–Kier alpha value is -3.84. The number of carboxylic acids is 2. The molecule has 3 rings (SSSR count). The van der Waals surface area contributed by atoms with Crippen molar-refractivity contribution in [1.29, 1.82) is 0 Å². The number of aromatic nitrogens is 1. The Labute approximate surface area is 200 Å². The summed E-state index contributed by atoms with van der Waals surface area (Å²) >= 11 is 0. The van der Waals surface area contributed by atoms with E-state index in [9.17, 15) is 36.3 Å². The van der Waals surface area contributed by atoms with Gasteiger partial charge in [0.25, 0.3) is 5.91 Å². The molecule has 1 unspecified atom stereocenters. The Morgan fingerprint density at radius 2 is 1.69 bits per heavy atom. The topological polar surface area (TPSA) is 137 Å². The number of carbonyl (C=O) groups excluding carboxylic acids is 2. The van der Waals surface area contributed by atoms with Crippen LogP contribution in [0, 0.1) is 5.82 Å². The lowest BCUT2D eigenvalue weighted by Crippen LogP contribution is -2.43. The zero-order chi connectivity index (χ0) is 27.0. The maximum absolute atomic E-state index is 14.2. The number of alkyl halides is 4. The summed E-state index contributed by atoms with van der Waals surface area (Å²) in [7, 11) is 0. The molecule has 1 aromatic carbocycles. The van der Waals surface area contributed by atoms with E-state index in [1.807, 2.05) is 4.90 Å². The second kappa shape index (κ2) is 12.2. The zero-order valence-electron chi connectivity index (χ0n) is 18.6. The molecule has 1 aromatic heterocycles. The number of nitrogens with one attached hydrogen (secondary N) is 1. The molecule has 196 valence electrons. The number of Topliss-reactive ketones (excluding diaryl/α,β-unsaturated/α-hetero) is 1. The van der Waals surface area contributed by atoms with Crippen LogP contribution < -0.4 is 10.2 Å². The summed E-state index contributed by atoms with van der Waals surface area (Å²) in [5, 5.41) is 18.8. The van der Waals surface area contributed by atoms with Crippen LogP contribution in [0.3, 0.4) is 0 Å². The number of amides is 1. The molecular weight excluding hydrogens is 497 g/mol. The summed E-state index contributed by atoms with van der Waals surface area (Å²) in [6, 6.07) is 2.96. The van der Waals surface area contributed by atoms with Crippen LogP contribution in [0.1, 0.15) is 36.0 Å². The molecule has 36 heavy (non-hydrogen) atoms. The van der Waals surface area contributed by atoms with Crippen molar-refractivity contribution >= 4 is 40.2 Å². The van der Waals surface area contributed by atoms with Gasteiger partial charge in [0.1, 0.15) is 24.1 Å². The van der Waals surface area contributed by atoms with Crippen molar-refractivity contribution in [3.63, 3.8) is 0 Å². The minimum atomic E-state index is -5.08. The molecule has 1 fully saturated rings. The van der Waals surface area contributed by atoms with Gasteiger partial charge in [-0.15, -0.1) is 0 Å². The Balaban J connectivity index is 0.000000572. The van der Waals surface area contributed by atoms with Gasteiger partial charge in [0.15, 0.2) is 5.78 Å². The third kappa shape index (κ3) is 7.33. The first kappa shape index (κ1) is 28.4. The smallest absolute Gasteiger partial charge is 0.481 e. The van der Waals surface area contributed by atoms with Gasteiger partial charge >= 0.3 is 18.1 Å². The van der Waals surface area contributed by atoms with Crippen LogP contribution in [-0.2, 0) is 14.4 Å². The predicted molar refractivity (Wildman–Crippen MR) is 116 cm³/mol. The number of ketones is 1. The molecule has 14 heteroatoms. The largest absolute Gasteiger partial charge is 0.490 e. The molecular formula is C22H22F5N3O6. The normalized spacial score (nSPS) is 14.4. The van der Waals surface area contributed by atoms with Gasteiger partial charge in [-0.25, -0.2) is 13.6 Å². The molecule has 0 radical (unpaired) electrons. The maximum Gasteiger partial charge on any atom is 0.490 e. The van der Waals surface area contributed by atoms with Crippen LogP contribution in [0.15, 0.2) is 24.4 Å². The van der Waals surface area contributed by atoms with E-state index < -0.39 is 54.8 Å². The molecule has 2 aromatic rings. The summed E-state index contributed by atoms with van der Waals surface area (Å²) in [6.07, 6.45) is -1.75. The highest BCUT2D eigenvalue weighted by molar-refractivity contribution is 6.08. The Morgan fingerprint density at radius 3 is 2.22 bits per heavy atom. The van der Waals surface area contributed by atoms with E-state index in [0.717, 1.165) is 19.3 Å². The molecule has 0 aliphatic carbocycles. The second-order valence-corrected chi connectivity index (χ2v) is 7.73. The van der Waals surface area contributed by atoms with Crippen molar-refractivity contribution in [2.45, 2.75) is 37.9 Å². The SMILES string of the molecule is O=C(O)C(F)(F)F.O=C(O)CC(NC(=O)c1cnc2c(F)cccc2c1N1CCCCC1)C(=O)CF. The summed E-state index contributed by atoms with van der Waals surface area (Å²) in [5.74, 6) is -6.40. The van der Waals surface area contributed by atoms with Gasteiger partial charge in [-0.3, -0.25) is 19.4 Å². The number of hydrogen-bond acceptors (Lipinski definition) is 6. The lowest BCUT2D eigenvalue weighted by atomic mass is 10.0. The first-order valence-corrected chi connectivity index (χ1v) is 10.6. The van der Waals surface area contributed by atoms with E-state index in [1.165, 1.54) is 18.3 Å². The minimum absolute atomic E-state index is 0.0899. The standard InChI is InChI=1S/C20H21F2N3O4.C2HF3O2/c21-10-16(26)15(9-17(27)28)24-20(29)13-11-23-18-12(5-4-6-14(18)22)19(13)25-7-2-1-3-8-25;3-2(4,5)1(6)7/h4-6,11,15H,1-3,7-10H2,(H,24,29)(H,27,28);(H,6,7). The van der Waals surface area contributed by atoms with E-state index in [0.29, 0.717) is 24.2 Å². The van der Waals surface area contributed by atoms with Gasteiger partial charge in [-0.05, 0) is 25.3 Å². The number of aliphatic carboxylic acids is 2. The van der Waals surface area contributed by atoms with Crippen LogP contribution in [0.25, 0.3) is 10.9 Å². The van der Waals surface area contributed by atoms with E-state index in [2.05, 4.69) is 10.3 Å². The number of carbonyl (C=O) groups is 4. The number of rotatable bonds is 7. The summed E-state index contributed by atoms with van der Waals surface area (Å²) < 4.78 is 58.8. The average Bonchev–Trinajstić information content (AvgIpc) is 2.82. The molecule has 1 saturated heterocycles. The molecule has 2 heterocycles. The molecule has 0 spiro atoms. The van der Waals surface area contributed by atoms with Crippen LogP contribution >= 0.6 is 0 Å². The highest BCUT2D eigenvalue weighted by Gasteiger charge is 2.38. The van der Waals surface area contributed by atoms with E-state index in [4.69, 9.17) is 15.0 Å². The fourth-order valence-electron chi connectivity index (χ4n) is 3.55. The molecule has 1 aliphatic heterocycles. The lowest BCUT2D eigenvalue weighted by Gasteiger charge is -2.31. The highest BCUT2D eigenvalue weighted by Crippen LogP contribution is 2.32. The Kier molecular flexibility index (Phi) is 9.64. The highest BCUT2D eigenvalue weighted by atomic mass is 19.4. The lowest BCUT2D eigenvalue weighted by molar-refractivity contribution is -0.192. The first-order valence-electron chi connectivity index (χ1n) is 10.6. The Bertz CT molecular complexity index is 1140. The molecule has 1 aliphatic rings. The van der Waals surface area contributed by atoms with Crippen molar-refractivity contribution in [3.05, 3.63) is 35.8 Å². The summed E-state index contributed by atoms with van der Waals surface area (Å²) in [5.41, 5.74) is 0.687. The number of halogens is 5. The number of anilines is 1. The second-order valence-electron chi connectivity index (χ2n) is 7.73. The summed E-state index contributed by atoms with van der Waals surface area (Å²) in [4.78, 5) is 50.5. The number of nitrogens with zero attached hydrogens (tertiary/aromatic N) is 2. The Morgan fingerprint density at radius 1 is 1.08 bits per heavy atom. The fourth-order valence-corrected chi connectivity index (χ4v) is 3.55. The molecule has 0 saturated carbocycles.